The number of rotatable bonds is 6. The summed E-state index contributed by atoms with van der Waals surface area (Å²) in [5.74, 6) is -0.115. The van der Waals surface area contributed by atoms with E-state index in [2.05, 4.69) is 9.88 Å². The van der Waals surface area contributed by atoms with Gasteiger partial charge in [0.1, 0.15) is 6.04 Å². The maximum atomic E-state index is 13.4. The van der Waals surface area contributed by atoms with Crippen LogP contribution < -0.4 is 15.5 Å². The summed E-state index contributed by atoms with van der Waals surface area (Å²) < 4.78 is 0. The molecule has 1 amide bonds. The van der Waals surface area contributed by atoms with Crippen LogP contribution in [0.3, 0.4) is 0 Å². The number of nitrogens with two attached hydrogens (primary N) is 1. The molecule has 0 radical (unpaired) electrons. The van der Waals surface area contributed by atoms with Crippen LogP contribution in [-0.4, -0.2) is 24.0 Å². The number of nitrogens with zero attached hydrogens (tertiary/aromatic N) is 3. The molecular formula is C23H26N4OS. The third-order valence-electron chi connectivity index (χ3n) is 5.27. The molecule has 4 rings (SSSR count). The van der Waals surface area contributed by atoms with E-state index in [1.165, 1.54) is 12.8 Å². The molecule has 2 N–H and O–H groups in total. The highest BCUT2D eigenvalue weighted by Gasteiger charge is 2.25. The van der Waals surface area contributed by atoms with Gasteiger partial charge in [-0.05, 0) is 37.5 Å². The van der Waals surface area contributed by atoms with Crippen LogP contribution in [0.4, 0.5) is 10.8 Å². The Hall–Kier alpha value is -2.70. The Balaban J connectivity index is 1.60. The van der Waals surface area contributed by atoms with Crippen molar-refractivity contribution in [2.75, 3.05) is 22.9 Å². The van der Waals surface area contributed by atoms with Crippen molar-refractivity contribution in [1.29, 1.82) is 0 Å². The number of carbonyl (C=O) groups is 1. The van der Waals surface area contributed by atoms with Gasteiger partial charge in [0.25, 0.3) is 0 Å². The van der Waals surface area contributed by atoms with Crippen molar-refractivity contribution >= 4 is 28.1 Å². The van der Waals surface area contributed by atoms with Crippen LogP contribution in [0.15, 0.2) is 60.8 Å². The molecule has 1 aromatic heterocycles. The van der Waals surface area contributed by atoms with Gasteiger partial charge in [-0.15, -0.1) is 11.3 Å². The molecule has 1 aliphatic rings. The molecule has 1 saturated heterocycles. The highest BCUT2D eigenvalue weighted by Crippen LogP contribution is 2.29. The highest BCUT2D eigenvalue weighted by molar-refractivity contribution is 7.15. The Labute approximate surface area is 175 Å². The predicted octanol–water partition coefficient (Wildman–Crippen LogP) is 4.28. The predicted molar refractivity (Wildman–Crippen MR) is 119 cm³/mol. The van der Waals surface area contributed by atoms with Crippen LogP contribution in [0, 0.1) is 6.92 Å². The summed E-state index contributed by atoms with van der Waals surface area (Å²) in [6.07, 6.45) is 4.32. The molecular weight excluding hydrogens is 380 g/mol. The van der Waals surface area contributed by atoms with Crippen LogP contribution in [0.5, 0.6) is 0 Å². The fourth-order valence-corrected chi connectivity index (χ4v) is 4.52. The molecule has 150 valence electrons. The first kappa shape index (κ1) is 19.6. The van der Waals surface area contributed by atoms with E-state index in [4.69, 9.17) is 5.73 Å². The SMILES string of the molecule is Cc1ccc(N(Cc2cnc(N3CCCC3)s2)C(=O)[C@@H](N)c2ccccc2)cc1. The van der Waals surface area contributed by atoms with E-state index in [0.717, 1.165) is 39.9 Å². The summed E-state index contributed by atoms with van der Waals surface area (Å²) in [5, 5.41) is 1.04. The zero-order chi connectivity index (χ0) is 20.2. The van der Waals surface area contributed by atoms with Crippen molar-refractivity contribution in [3.05, 3.63) is 76.8 Å². The molecule has 0 bridgehead atoms. The molecule has 0 spiro atoms. The second-order valence-electron chi connectivity index (χ2n) is 7.45. The minimum absolute atomic E-state index is 0.115. The van der Waals surface area contributed by atoms with Gasteiger partial charge in [0.05, 0.1) is 6.54 Å². The zero-order valence-electron chi connectivity index (χ0n) is 16.6. The average molecular weight is 407 g/mol. The molecule has 0 unspecified atom stereocenters. The molecule has 1 aliphatic heterocycles. The molecule has 1 fully saturated rings. The van der Waals surface area contributed by atoms with Gasteiger partial charge in [-0.25, -0.2) is 4.98 Å². The van der Waals surface area contributed by atoms with Gasteiger partial charge in [0.2, 0.25) is 5.91 Å². The van der Waals surface area contributed by atoms with Gasteiger partial charge in [-0.2, -0.15) is 0 Å². The summed E-state index contributed by atoms with van der Waals surface area (Å²) >= 11 is 1.66. The van der Waals surface area contributed by atoms with Crippen LogP contribution in [0.25, 0.3) is 0 Å². The maximum Gasteiger partial charge on any atom is 0.248 e. The van der Waals surface area contributed by atoms with E-state index in [-0.39, 0.29) is 5.91 Å². The second kappa shape index (κ2) is 8.76. The number of hydrogen-bond acceptors (Lipinski definition) is 5. The van der Waals surface area contributed by atoms with Crippen molar-refractivity contribution in [2.24, 2.45) is 5.73 Å². The lowest BCUT2D eigenvalue weighted by Gasteiger charge is -2.26. The minimum Gasteiger partial charge on any atom is -0.348 e. The monoisotopic (exact) mass is 406 g/mol. The third kappa shape index (κ3) is 4.49. The Bertz CT molecular complexity index is 949. The molecule has 29 heavy (non-hydrogen) atoms. The van der Waals surface area contributed by atoms with Gasteiger partial charge in [0.15, 0.2) is 5.13 Å². The fraction of sp³-hybridized carbons (Fsp3) is 0.304. The van der Waals surface area contributed by atoms with Gasteiger partial charge in [0, 0.05) is 29.9 Å². The molecule has 5 nitrogen and oxygen atoms in total. The Morgan fingerprint density at radius 2 is 1.83 bits per heavy atom. The normalized spacial score (nSPS) is 14.8. The molecule has 0 aliphatic carbocycles. The molecule has 2 aromatic carbocycles. The number of aromatic nitrogens is 1. The standard InChI is InChI=1S/C23H26N4OS/c1-17-9-11-19(12-10-17)27(22(28)21(24)18-7-3-2-4-8-18)16-20-15-25-23(29-20)26-13-5-6-14-26/h2-4,7-12,15,21H,5-6,13-14,16,24H2,1H3/t21-/m0/s1. The largest absolute Gasteiger partial charge is 0.348 e. The van der Waals surface area contributed by atoms with E-state index in [1.54, 1.807) is 16.2 Å². The summed E-state index contributed by atoms with van der Waals surface area (Å²) in [5.41, 5.74) is 9.18. The minimum atomic E-state index is -0.705. The first-order valence-electron chi connectivity index (χ1n) is 10.00. The van der Waals surface area contributed by atoms with Crippen LogP contribution in [-0.2, 0) is 11.3 Å². The van der Waals surface area contributed by atoms with E-state index in [1.807, 2.05) is 67.7 Å². The molecule has 0 saturated carbocycles. The number of hydrogen-bond donors (Lipinski definition) is 1. The fourth-order valence-electron chi connectivity index (χ4n) is 3.57. The first-order valence-corrected chi connectivity index (χ1v) is 10.8. The van der Waals surface area contributed by atoms with Gasteiger partial charge in [-0.3, -0.25) is 4.79 Å². The van der Waals surface area contributed by atoms with E-state index < -0.39 is 6.04 Å². The number of benzene rings is 2. The van der Waals surface area contributed by atoms with Gasteiger partial charge >= 0.3 is 0 Å². The van der Waals surface area contributed by atoms with Gasteiger partial charge < -0.3 is 15.5 Å². The highest BCUT2D eigenvalue weighted by atomic mass is 32.1. The summed E-state index contributed by atoms with van der Waals surface area (Å²) in [4.78, 5) is 23.1. The second-order valence-corrected chi connectivity index (χ2v) is 8.55. The van der Waals surface area contributed by atoms with E-state index in [9.17, 15) is 4.79 Å². The van der Waals surface area contributed by atoms with Gasteiger partial charge in [-0.1, -0.05) is 48.0 Å². The Kier molecular flexibility index (Phi) is 5.92. The average Bonchev–Trinajstić information content (AvgIpc) is 3.44. The lowest BCUT2D eigenvalue weighted by molar-refractivity contribution is -0.120. The van der Waals surface area contributed by atoms with Crippen molar-refractivity contribution in [3.63, 3.8) is 0 Å². The van der Waals surface area contributed by atoms with E-state index in [0.29, 0.717) is 6.54 Å². The number of amides is 1. The lowest BCUT2D eigenvalue weighted by Crippen LogP contribution is -2.38. The molecule has 2 heterocycles. The Morgan fingerprint density at radius 3 is 2.52 bits per heavy atom. The van der Waals surface area contributed by atoms with Crippen molar-refractivity contribution in [1.82, 2.24) is 4.98 Å². The summed E-state index contributed by atoms with van der Waals surface area (Å²) in [6, 6.07) is 16.8. The molecule has 3 aromatic rings. The number of aryl methyl sites for hydroxylation is 1. The number of thiazole rings is 1. The Morgan fingerprint density at radius 1 is 1.14 bits per heavy atom. The maximum absolute atomic E-state index is 13.4. The van der Waals surface area contributed by atoms with Crippen molar-refractivity contribution < 1.29 is 4.79 Å². The number of anilines is 2. The first-order chi connectivity index (χ1) is 14.1. The smallest absolute Gasteiger partial charge is 0.248 e. The van der Waals surface area contributed by atoms with Crippen molar-refractivity contribution in [2.45, 2.75) is 32.4 Å². The quantitative estimate of drug-likeness (QED) is 0.663. The van der Waals surface area contributed by atoms with Crippen LogP contribution >= 0.6 is 11.3 Å². The number of carbonyl (C=O) groups excluding carboxylic acids is 1. The van der Waals surface area contributed by atoms with Crippen LogP contribution in [0.1, 0.15) is 34.9 Å². The van der Waals surface area contributed by atoms with E-state index >= 15 is 0 Å². The van der Waals surface area contributed by atoms with Crippen LogP contribution in [0.2, 0.25) is 0 Å². The topological polar surface area (TPSA) is 62.5 Å². The zero-order valence-corrected chi connectivity index (χ0v) is 17.4. The summed E-state index contributed by atoms with van der Waals surface area (Å²) in [6.45, 7) is 4.63. The summed E-state index contributed by atoms with van der Waals surface area (Å²) in [7, 11) is 0. The lowest BCUT2D eigenvalue weighted by atomic mass is 10.1. The third-order valence-corrected chi connectivity index (χ3v) is 6.31. The molecule has 6 heteroatoms. The van der Waals surface area contributed by atoms with Crippen molar-refractivity contribution in [3.8, 4) is 0 Å². The molecule has 1 atom stereocenters.